The number of rotatable bonds is 7. The number of fused-ring (bicyclic) bond motifs is 1. The van der Waals surface area contributed by atoms with Crippen molar-refractivity contribution in [2.75, 3.05) is 30.4 Å². The quantitative estimate of drug-likeness (QED) is 0.413. The van der Waals surface area contributed by atoms with E-state index in [1.54, 1.807) is 0 Å². The van der Waals surface area contributed by atoms with Crippen molar-refractivity contribution in [3.8, 4) is 11.4 Å². The largest absolute Gasteiger partial charge is 0.486 e. The van der Waals surface area contributed by atoms with Gasteiger partial charge in [-0.15, -0.1) is 0 Å². The van der Waals surface area contributed by atoms with Gasteiger partial charge in [-0.25, -0.2) is 24.0 Å². The number of ether oxygens (including phenoxy) is 2. The summed E-state index contributed by atoms with van der Waals surface area (Å²) in [6, 6.07) is 3.24. The molecule has 2 N–H and O–H groups in total. The fourth-order valence-electron chi connectivity index (χ4n) is 6.21. The van der Waals surface area contributed by atoms with Crippen LogP contribution in [0.3, 0.4) is 0 Å². The predicted octanol–water partition coefficient (Wildman–Crippen LogP) is 3.17. The molecule has 216 valence electrons. The number of nitrogens with one attached hydrogen (secondary N) is 2. The van der Waals surface area contributed by atoms with E-state index in [1.165, 1.54) is 31.8 Å². The summed E-state index contributed by atoms with van der Waals surface area (Å²) in [5, 5.41) is 14.1. The van der Waals surface area contributed by atoms with Gasteiger partial charge in [0.25, 0.3) is 0 Å². The average Bonchev–Trinajstić information content (AvgIpc) is 3.69. The van der Waals surface area contributed by atoms with Crippen LogP contribution in [0.4, 0.5) is 27.5 Å². The molecule has 0 saturated carbocycles. The summed E-state index contributed by atoms with van der Waals surface area (Å²) in [5.74, 6) is 0.00403. The molecule has 1 aromatic carbocycles. The van der Waals surface area contributed by atoms with Gasteiger partial charge in [-0.3, -0.25) is 4.90 Å². The zero-order valence-corrected chi connectivity index (χ0v) is 23.3. The Hall–Kier alpha value is -4.09. The highest BCUT2D eigenvalue weighted by Gasteiger charge is 2.43. The molecule has 3 saturated heterocycles. The molecule has 6 rings (SSSR count). The molecule has 0 spiro atoms. The van der Waals surface area contributed by atoms with E-state index >= 15 is 4.39 Å². The van der Waals surface area contributed by atoms with Crippen LogP contribution < -0.4 is 21.1 Å². The number of nitrogens with zero attached hydrogens (tertiary/aromatic N) is 8. The zero-order valence-electron chi connectivity index (χ0n) is 23.3. The van der Waals surface area contributed by atoms with Gasteiger partial charge in [0.1, 0.15) is 23.4 Å². The van der Waals surface area contributed by atoms with E-state index in [-0.39, 0.29) is 46.4 Å². The van der Waals surface area contributed by atoms with Gasteiger partial charge in [0.2, 0.25) is 11.6 Å². The molecule has 0 aliphatic carbocycles. The van der Waals surface area contributed by atoms with Gasteiger partial charge in [-0.1, -0.05) is 0 Å². The molecule has 0 amide bonds. The molecule has 3 aliphatic heterocycles. The lowest BCUT2D eigenvalue weighted by Crippen LogP contribution is -2.55. The third kappa shape index (κ3) is 5.34. The Labute approximate surface area is 236 Å². The third-order valence-electron chi connectivity index (χ3n) is 8.11. The van der Waals surface area contributed by atoms with Crippen LogP contribution in [0, 0.1) is 12.4 Å². The number of halogens is 1. The molecule has 41 heavy (non-hydrogen) atoms. The second-order valence-electron chi connectivity index (χ2n) is 11.4. The second kappa shape index (κ2) is 10.7. The summed E-state index contributed by atoms with van der Waals surface area (Å²) in [7, 11) is 1.47. The first kappa shape index (κ1) is 27.1. The van der Waals surface area contributed by atoms with Gasteiger partial charge >= 0.3 is 5.69 Å². The highest BCUT2D eigenvalue weighted by molar-refractivity contribution is 5.69. The van der Waals surface area contributed by atoms with Crippen LogP contribution in [0.5, 0.6) is 5.75 Å². The first-order chi connectivity index (χ1) is 19.7. The van der Waals surface area contributed by atoms with Crippen molar-refractivity contribution >= 4 is 23.1 Å². The van der Waals surface area contributed by atoms with Crippen molar-refractivity contribution in [1.82, 2.24) is 34.7 Å². The van der Waals surface area contributed by atoms with Crippen molar-refractivity contribution in [2.45, 2.75) is 69.7 Å². The van der Waals surface area contributed by atoms with Gasteiger partial charge in [0, 0.05) is 43.4 Å². The predicted molar refractivity (Wildman–Crippen MR) is 148 cm³/mol. The number of tetrazole rings is 1. The summed E-state index contributed by atoms with van der Waals surface area (Å²) in [6.45, 7) is 14.2. The van der Waals surface area contributed by atoms with E-state index in [0.717, 1.165) is 35.2 Å². The van der Waals surface area contributed by atoms with Crippen molar-refractivity contribution < 1.29 is 13.9 Å². The van der Waals surface area contributed by atoms with Crippen molar-refractivity contribution in [3.63, 3.8) is 0 Å². The number of aryl methyl sites for hydroxylation is 1. The summed E-state index contributed by atoms with van der Waals surface area (Å²) in [6.07, 6.45) is 6.02. The van der Waals surface area contributed by atoms with Gasteiger partial charge in [-0.2, -0.15) is 9.36 Å². The van der Waals surface area contributed by atoms with Crippen LogP contribution in [0.1, 0.15) is 46.0 Å². The third-order valence-corrected chi connectivity index (χ3v) is 8.11. The Bertz CT molecular complexity index is 1540. The maximum atomic E-state index is 15.4. The first-order valence-corrected chi connectivity index (χ1v) is 13.8. The lowest BCUT2D eigenvalue weighted by atomic mass is 9.84. The van der Waals surface area contributed by atoms with Crippen LogP contribution in [0.15, 0.2) is 23.1 Å². The number of anilines is 3. The summed E-state index contributed by atoms with van der Waals surface area (Å²) >= 11 is 0. The highest BCUT2D eigenvalue weighted by Crippen LogP contribution is 2.39. The molecular weight excluding hydrogens is 531 g/mol. The first-order valence-electron chi connectivity index (χ1n) is 13.8. The van der Waals surface area contributed by atoms with Crippen molar-refractivity contribution in [2.24, 2.45) is 7.05 Å². The minimum atomic E-state index is -0.637. The molecule has 2 aromatic heterocycles. The molecule has 0 bridgehead atoms. The Kier molecular flexibility index (Phi) is 7.08. The van der Waals surface area contributed by atoms with Crippen molar-refractivity contribution in [1.29, 1.82) is 0 Å². The average molecular weight is 565 g/mol. The Balaban J connectivity index is 1.29. The van der Waals surface area contributed by atoms with Gasteiger partial charge in [0.15, 0.2) is 5.82 Å². The monoisotopic (exact) mass is 564 g/mol. The number of piperidine rings is 1. The maximum Gasteiger partial charge on any atom is 0.368 e. The number of benzene rings is 1. The lowest BCUT2D eigenvalue weighted by Gasteiger charge is -2.48. The van der Waals surface area contributed by atoms with E-state index in [1.807, 2.05) is 0 Å². The van der Waals surface area contributed by atoms with Crippen LogP contribution >= 0.6 is 0 Å². The second-order valence-corrected chi connectivity index (χ2v) is 11.4. The molecule has 3 fully saturated rings. The molecule has 3 aliphatic rings. The smallest absolute Gasteiger partial charge is 0.368 e. The molecule has 3 aromatic rings. The molecule has 14 heteroatoms. The number of hydrogen-bond acceptors (Lipinski definition) is 10. The maximum absolute atomic E-state index is 15.4. The summed E-state index contributed by atoms with van der Waals surface area (Å²) in [5.41, 5.74) is 0.0260. The summed E-state index contributed by atoms with van der Waals surface area (Å²) in [4.78, 5) is 27.7. The van der Waals surface area contributed by atoms with Crippen LogP contribution in [0.25, 0.3) is 10.5 Å². The van der Waals surface area contributed by atoms with Crippen LogP contribution in [-0.4, -0.2) is 78.1 Å². The molecule has 5 heterocycles. The van der Waals surface area contributed by atoms with Crippen LogP contribution in [0.2, 0.25) is 0 Å². The van der Waals surface area contributed by atoms with E-state index in [9.17, 15) is 4.79 Å². The molecular formula is C27H33FN10O3. The lowest BCUT2D eigenvalue weighted by molar-refractivity contribution is 0.0501. The Morgan fingerprint density at radius 3 is 2.85 bits per heavy atom. The fraction of sp³-hybridized carbons (Fsp3) is 0.556. The molecule has 0 radical (unpaired) electrons. The normalized spacial score (nSPS) is 23.6. The molecule has 1 unspecified atom stereocenters. The van der Waals surface area contributed by atoms with E-state index in [4.69, 9.17) is 16.0 Å². The fourth-order valence-corrected chi connectivity index (χ4v) is 6.21. The summed E-state index contributed by atoms with van der Waals surface area (Å²) < 4.78 is 28.9. The van der Waals surface area contributed by atoms with Gasteiger partial charge in [0.05, 0.1) is 25.5 Å². The van der Waals surface area contributed by atoms with Crippen molar-refractivity contribution in [3.05, 3.63) is 46.0 Å². The highest BCUT2D eigenvalue weighted by atomic mass is 19.1. The molecule has 3 atom stereocenters. The van der Waals surface area contributed by atoms with E-state index in [2.05, 4.69) is 54.6 Å². The van der Waals surface area contributed by atoms with Gasteiger partial charge < -0.3 is 20.1 Å². The van der Waals surface area contributed by atoms with Crippen LogP contribution in [-0.2, 0) is 11.8 Å². The molecule has 13 nitrogen and oxygen atoms in total. The minimum Gasteiger partial charge on any atom is -0.486 e. The topological polar surface area (TPSA) is 129 Å². The number of aromatic nitrogens is 6. The van der Waals surface area contributed by atoms with Gasteiger partial charge in [-0.05, 0) is 62.6 Å². The number of hydrogen-bond donors (Lipinski definition) is 2. The Morgan fingerprint density at radius 1 is 1.27 bits per heavy atom. The van der Waals surface area contributed by atoms with E-state index in [0.29, 0.717) is 31.5 Å². The minimum absolute atomic E-state index is 0.00878. The Morgan fingerprint density at radius 2 is 2.12 bits per heavy atom. The zero-order chi connectivity index (χ0) is 28.7. The standard InChI is InChI=1S/C27H33FN10O3/c1-27(2)13-16(10-17-6-5-8-37(17)27)31-24-21(29-3)14-30-25(33-24)32-20-12-22(38-26(39)36(4)34-35-38)23(11-19(20)28)41-18-7-9-40-15-18/h11-12,14,16-18H,5-10,13,15H2,1-2,4H3,(H2,30,31,32,33)/t16-,17+,18?/m1/s1. The SMILES string of the molecule is [C-]#[N+]c1cnc(Nc2cc(-n3nnn(C)c3=O)c(OC3CCOC3)cc2F)nc1N[C@@H]1C[C@@H]2CCCN2C(C)(C)C1. The van der Waals surface area contributed by atoms with E-state index < -0.39 is 11.5 Å².